The molecule has 0 spiro atoms. The summed E-state index contributed by atoms with van der Waals surface area (Å²) in [6, 6.07) is 8.22. The summed E-state index contributed by atoms with van der Waals surface area (Å²) in [6.07, 6.45) is 0.820. The molecule has 0 saturated heterocycles. The first-order valence-electron chi connectivity index (χ1n) is 5.80. The lowest BCUT2D eigenvalue weighted by Gasteiger charge is -2.08. The standard InChI is InChI=1S/C13H20N2OS.ClH/c1-10-5-3-4-6-12(10)17-9-13(16)15-8-7-11(2)14;/h3-6,11H,7-9,14H2,1-2H3,(H,15,16);1H. The summed E-state index contributed by atoms with van der Waals surface area (Å²) in [4.78, 5) is 12.7. The average Bonchev–Trinajstić information content (AvgIpc) is 2.27. The molecule has 0 saturated carbocycles. The maximum Gasteiger partial charge on any atom is 0.230 e. The second-order valence-corrected chi connectivity index (χ2v) is 5.19. The lowest BCUT2D eigenvalue weighted by molar-refractivity contribution is -0.118. The van der Waals surface area contributed by atoms with Crippen LogP contribution in [0.25, 0.3) is 0 Å². The van der Waals surface area contributed by atoms with Crippen molar-refractivity contribution in [2.24, 2.45) is 5.73 Å². The van der Waals surface area contributed by atoms with Crippen LogP contribution in [0.3, 0.4) is 0 Å². The van der Waals surface area contributed by atoms with E-state index in [-0.39, 0.29) is 24.4 Å². The van der Waals surface area contributed by atoms with E-state index in [1.54, 1.807) is 11.8 Å². The molecule has 1 amide bonds. The number of aryl methyl sites for hydroxylation is 1. The highest BCUT2D eigenvalue weighted by Gasteiger charge is 2.04. The first kappa shape index (κ1) is 17.3. The Morgan fingerprint density at radius 2 is 2.11 bits per heavy atom. The molecule has 0 aliphatic carbocycles. The molecule has 1 unspecified atom stereocenters. The molecule has 0 aliphatic rings. The van der Waals surface area contributed by atoms with Crippen LogP contribution in [-0.4, -0.2) is 24.2 Å². The quantitative estimate of drug-likeness (QED) is 0.790. The van der Waals surface area contributed by atoms with Crippen molar-refractivity contribution in [3.05, 3.63) is 29.8 Å². The molecule has 0 bridgehead atoms. The predicted molar refractivity (Wildman–Crippen MR) is 80.4 cm³/mol. The van der Waals surface area contributed by atoms with Gasteiger partial charge in [-0.1, -0.05) is 18.2 Å². The van der Waals surface area contributed by atoms with Crippen LogP contribution in [0.5, 0.6) is 0 Å². The Morgan fingerprint density at radius 3 is 2.72 bits per heavy atom. The second-order valence-electron chi connectivity index (χ2n) is 4.17. The molecule has 18 heavy (non-hydrogen) atoms. The summed E-state index contributed by atoms with van der Waals surface area (Å²) >= 11 is 1.57. The molecule has 1 atom stereocenters. The van der Waals surface area contributed by atoms with E-state index in [0.29, 0.717) is 12.3 Å². The minimum Gasteiger partial charge on any atom is -0.355 e. The number of nitrogens with two attached hydrogens (primary N) is 1. The number of nitrogens with one attached hydrogen (secondary N) is 1. The van der Waals surface area contributed by atoms with Gasteiger partial charge in [0.1, 0.15) is 0 Å². The first-order chi connectivity index (χ1) is 8.09. The number of rotatable bonds is 6. The molecule has 5 heteroatoms. The first-order valence-corrected chi connectivity index (χ1v) is 6.79. The third kappa shape index (κ3) is 6.89. The van der Waals surface area contributed by atoms with Gasteiger partial charge in [-0.3, -0.25) is 4.79 Å². The smallest absolute Gasteiger partial charge is 0.230 e. The van der Waals surface area contributed by atoms with Gasteiger partial charge in [-0.25, -0.2) is 0 Å². The van der Waals surface area contributed by atoms with Crippen molar-refractivity contribution in [2.45, 2.75) is 31.2 Å². The molecular formula is C13H21ClN2OS. The lowest BCUT2D eigenvalue weighted by Crippen LogP contribution is -2.30. The van der Waals surface area contributed by atoms with Gasteiger partial charge in [0.05, 0.1) is 5.75 Å². The van der Waals surface area contributed by atoms with Gasteiger partial charge in [-0.2, -0.15) is 0 Å². The van der Waals surface area contributed by atoms with Crippen LogP contribution in [0, 0.1) is 6.92 Å². The summed E-state index contributed by atoms with van der Waals surface area (Å²) in [6.45, 7) is 4.65. The zero-order valence-electron chi connectivity index (χ0n) is 10.8. The minimum atomic E-state index is 0. The van der Waals surface area contributed by atoms with Gasteiger partial charge >= 0.3 is 0 Å². The lowest BCUT2D eigenvalue weighted by atomic mass is 10.2. The highest BCUT2D eigenvalue weighted by Crippen LogP contribution is 2.21. The third-order valence-electron chi connectivity index (χ3n) is 2.37. The van der Waals surface area contributed by atoms with Crippen LogP contribution in [0.4, 0.5) is 0 Å². The number of carbonyl (C=O) groups is 1. The third-order valence-corrected chi connectivity index (χ3v) is 3.55. The molecule has 0 aliphatic heterocycles. The number of amides is 1. The van der Waals surface area contributed by atoms with Crippen LogP contribution >= 0.6 is 24.2 Å². The Labute approximate surface area is 119 Å². The van der Waals surface area contributed by atoms with E-state index in [2.05, 4.69) is 18.3 Å². The minimum absolute atomic E-state index is 0. The van der Waals surface area contributed by atoms with Crippen molar-refractivity contribution in [1.82, 2.24) is 5.32 Å². The Balaban J connectivity index is 0.00000289. The van der Waals surface area contributed by atoms with Crippen LogP contribution in [0.1, 0.15) is 18.9 Å². The van der Waals surface area contributed by atoms with Crippen LogP contribution < -0.4 is 11.1 Å². The molecule has 102 valence electrons. The van der Waals surface area contributed by atoms with E-state index in [1.807, 2.05) is 25.1 Å². The molecule has 1 aromatic carbocycles. The summed E-state index contributed by atoms with van der Waals surface area (Å²) in [5, 5.41) is 2.86. The predicted octanol–water partition coefficient (Wildman–Crippen LogP) is 2.36. The summed E-state index contributed by atoms with van der Waals surface area (Å²) in [5.74, 6) is 0.531. The number of hydrogen-bond acceptors (Lipinski definition) is 3. The zero-order valence-corrected chi connectivity index (χ0v) is 12.4. The largest absolute Gasteiger partial charge is 0.355 e. The van der Waals surface area contributed by atoms with Gasteiger partial charge in [0, 0.05) is 17.5 Å². The Hall–Kier alpha value is -0.710. The highest BCUT2D eigenvalue weighted by molar-refractivity contribution is 8.00. The van der Waals surface area contributed by atoms with Crippen molar-refractivity contribution in [3.8, 4) is 0 Å². The maximum absolute atomic E-state index is 11.5. The summed E-state index contributed by atoms with van der Waals surface area (Å²) in [7, 11) is 0. The molecule has 3 N–H and O–H groups in total. The molecule has 0 aromatic heterocycles. The summed E-state index contributed by atoms with van der Waals surface area (Å²) < 4.78 is 0. The van der Waals surface area contributed by atoms with Gasteiger partial charge in [0.2, 0.25) is 5.91 Å². The molecule has 1 rings (SSSR count). The van der Waals surface area contributed by atoms with Gasteiger partial charge in [-0.15, -0.1) is 24.2 Å². The monoisotopic (exact) mass is 288 g/mol. The Bertz CT molecular complexity index is 372. The van der Waals surface area contributed by atoms with Gasteiger partial charge in [0.25, 0.3) is 0 Å². The van der Waals surface area contributed by atoms with Crippen LogP contribution in [0.2, 0.25) is 0 Å². The van der Waals surface area contributed by atoms with Gasteiger partial charge in [0.15, 0.2) is 0 Å². The van der Waals surface area contributed by atoms with E-state index in [9.17, 15) is 4.79 Å². The fourth-order valence-electron chi connectivity index (χ4n) is 1.35. The number of benzene rings is 1. The number of carbonyl (C=O) groups excluding carboxylic acids is 1. The van der Waals surface area contributed by atoms with Crippen LogP contribution in [0.15, 0.2) is 29.2 Å². The van der Waals surface area contributed by atoms with Crippen LogP contribution in [-0.2, 0) is 4.79 Å². The molecular weight excluding hydrogens is 268 g/mol. The van der Waals surface area contributed by atoms with Crippen molar-refractivity contribution >= 4 is 30.1 Å². The Kier molecular flexibility index (Phi) is 8.89. The summed E-state index contributed by atoms with van der Waals surface area (Å²) in [5.41, 5.74) is 6.82. The van der Waals surface area contributed by atoms with Crippen molar-refractivity contribution in [1.29, 1.82) is 0 Å². The number of halogens is 1. The van der Waals surface area contributed by atoms with Gasteiger partial charge < -0.3 is 11.1 Å². The molecule has 0 fully saturated rings. The van der Waals surface area contributed by atoms with E-state index >= 15 is 0 Å². The molecule has 0 heterocycles. The molecule has 0 radical (unpaired) electrons. The number of thioether (sulfide) groups is 1. The normalized spacial score (nSPS) is 11.5. The average molecular weight is 289 g/mol. The van der Waals surface area contributed by atoms with E-state index in [0.717, 1.165) is 11.3 Å². The zero-order chi connectivity index (χ0) is 12.7. The van der Waals surface area contributed by atoms with Gasteiger partial charge in [-0.05, 0) is 31.9 Å². The van der Waals surface area contributed by atoms with E-state index < -0.39 is 0 Å². The fourth-order valence-corrected chi connectivity index (χ4v) is 2.21. The van der Waals surface area contributed by atoms with Crippen molar-refractivity contribution in [2.75, 3.05) is 12.3 Å². The number of hydrogen-bond donors (Lipinski definition) is 2. The fraction of sp³-hybridized carbons (Fsp3) is 0.462. The van der Waals surface area contributed by atoms with E-state index in [4.69, 9.17) is 5.73 Å². The van der Waals surface area contributed by atoms with E-state index in [1.165, 1.54) is 5.56 Å². The Morgan fingerprint density at radius 1 is 1.44 bits per heavy atom. The molecule has 3 nitrogen and oxygen atoms in total. The maximum atomic E-state index is 11.5. The second kappa shape index (κ2) is 9.25. The molecule has 1 aromatic rings. The van der Waals surface area contributed by atoms with Crippen molar-refractivity contribution < 1.29 is 4.79 Å². The highest BCUT2D eigenvalue weighted by atomic mass is 35.5. The SMILES string of the molecule is Cc1ccccc1SCC(=O)NCCC(C)N.Cl. The van der Waals surface area contributed by atoms with Crippen molar-refractivity contribution in [3.63, 3.8) is 0 Å². The topological polar surface area (TPSA) is 55.1 Å².